The maximum Gasteiger partial charge on any atom is 0.371 e. The Morgan fingerprint density at radius 2 is 0.765 bits per heavy atom. The summed E-state index contributed by atoms with van der Waals surface area (Å²) in [6, 6.07) is 0. The molecule has 0 radical (unpaired) electrons. The predicted octanol–water partition coefficient (Wildman–Crippen LogP) is 5.41. The number of hydrogen-bond acceptors (Lipinski definition) is 0. The van der Waals surface area contributed by atoms with Gasteiger partial charge in [0.25, 0.3) is 0 Å². The summed E-state index contributed by atoms with van der Waals surface area (Å²) in [4.78, 5) is 0. The van der Waals surface area contributed by atoms with Crippen LogP contribution in [0.15, 0.2) is 0 Å². The van der Waals surface area contributed by atoms with Crippen LogP contribution in [0.4, 0.5) is 35.1 Å². The number of alkyl halides is 12. The highest BCUT2D eigenvalue weighted by molar-refractivity contribution is 9.10. The van der Waals surface area contributed by atoms with E-state index in [9.17, 15) is 35.1 Å². The zero-order valence-corrected chi connectivity index (χ0v) is 11.7. The van der Waals surface area contributed by atoms with Crippen LogP contribution in [0.5, 0.6) is 0 Å². The standard InChI is InChI=1S/C5Br2Cl2F8/c6-1(10,4(8,14)15)3(12,13)2(7,11)5(9,16)17. The van der Waals surface area contributed by atoms with E-state index in [1.165, 1.54) is 0 Å². The zero-order chi connectivity index (χ0) is 14.5. The second-order valence-electron chi connectivity index (χ2n) is 2.72. The molecule has 12 heteroatoms. The van der Waals surface area contributed by atoms with E-state index in [4.69, 9.17) is 0 Å². The molecule has 0 aromatic carbocycles. The molecule has 0 aromatic heterocycles. The SMILES string of the molecule is FC(F)(Cl)C(F)(Br)C(F)(F)C(F)(Br)C(F)(F)Cl. The molecule has 0 aliphatic heterocycles. The third-order valence-electron chi connectivity index (χ3n) is 1.50. The van der Waals surface area contributed by atoms with Crippen LogP contribution < -0.4 is 0 Å². The zero-order valence-electron chi connectivity index (χ0n) is 7.04. The number of halogens is 12. The van der Waals surface area contributed by atoms with E-state index >= 15 is 0 Å². The Kier molecular flexibility index (Phi) is 4.78. The molecule has 0 aliphatic rings. The van der Waals surface area contributed by atoms with Gasteiger partial charge < -0.3 is 0 Å². The van der Waals surface area contributed by atoms with Crippen LogP contribution in [0.25, 0.3) is 0 Å². The van der Waals surface area contributed by atoms with E-state index in [0.717, 1.165) is 31.9 Å². The fraction of sp³-hybridized carbons (Fsp3) is 1.00. The molecule has 0 bridgehead atoms. The molecule has 0 aliphatic carbocycles. The average Bonchev–Trinajstić information content (AvgIpc) is 1.98. The van der Waals surface area contributed by atoms with Crippen molar-refractivity contribution in [2.45, 2.75) is 25.8 Å². The lowest BCUT2D eigenvalue weighted by molar-refractivity contribution is -0.234. The molecule has 0 aromatic rings. The Morgan fingerprint density at radius 3 is 0.882 bits per heavy atom. The Labute approximate surface area is 116 Å². The quantitative estimate of drug-likeness (QED) is 0.404. The van der Waals surface area contributed by atoms with E-state index in [-0.39, 0.29) is 0 Å². The lowest BCUT2D eigenvalue weighted by atomic mass is 10.1. The van der Waals surface area contributed by atoms with Gasteiger partial charge in [-0.3, -0.25) is 0 Å². The fourth-order valence-corrected chi connectivity index (χ4v) is 1.60. The van der Waals surface area contributed by atoms with Gasteiger partial charge in [0, 0.05) is 0 Å². The Morgan fingerprint density at radius 1 is 0.588 bits per heavy atom. The fourth-order valence-electron chi connectivity index (χ4n) is 0.553. The Bertz CT molecular complexity index is 265. The third-order valence-corrected chi connectivity index (χ3v) is 4.47. The minimum Gasteiger partial charge on any atom is -0.216 e. The van der Waals surface area contributed by atoms with Gasteiger partial charge in [0.1, 0.15) is 0 Å². The highest BCUT2D eigenvalue weighted by Crippen LogP contribution is 2.62. The minimum atomic E-state index is -6.00. The summed E-state index contributed by atoms with van der Waals surface area (Å²) in [5.74, 6) is -6.00. The molecule has 0 heterocycles. The molecule has 17 heavy (non-hydrogen) atoms. The van der Waals surface area contributed by atoms with E-state index in [1.54, 1.807) is 0 Å². The highest BCUT2D eigenvalue weighted by Gasteiger charge is 2.82. The maximum atomic E-state index is 13.0. The molecule has 0 nitrogen and oxygen atoms in total. The lowest BCUT2D eigenvalue weighted by Crippen LogP contribution is -2.63. The van der Waals surface area contributed by atoms with Crippen LogP contribution >= 0.6 is 55.1 Å². The Hall–Kier alpha value is 0.980. The summed E-state index contributed by atoms with van der Waals surface area (Å²) in [6.45, 7) is 0. The molecule has 0 rings (SSSR count). The van der Waals surface area contributed by atoms with Gasteiger partial charge in [-0.1, -0.05) is 0 Å². The average molecular weight is 443 g/mol. The van der Waals surface area contributed by atoms with Gasteiger partial charge in [-0.2, -0.15) is 26.3 Å². The molecule has 0 fully saturated rings. The van der Waals surface area contributed by atoms with E-state index in [0.29, 0.717) is 0 Å². The van der Waals surface area contributed by atoms with Crippen molar-refractivity contribution >= 4 is 55.1 Å². The Balaban J connectivity index is 5.73. The van der Waals surface area contributed by atoms with Gasteiger partial charge in [0.2, 0.25) is 0 Å². The first kappa shape index (κ1) is 18.0. The maximum absolute atomic E-state index is 13.0. The summed E-state index contributed by atoms with van der Waals surface area (Å²) < 4.78 is 90.7. The van der Waals surface area contributed by atoms with Crippen molar-refractivity contribution < 1.29 is 35.1 Å². The second-order valence-corrected chi connectivity index (χ2v) is 5.85. The van der Waals surface area contributed by atoms with Crippen LogP contribution in [-0.4, -0.2) is 25.8 Å². The molecule has 2 unspecified atom stereocenters. The molecule has 0 spiro atoms. The molecular weight excluding hydrogens is 443 g/mol. The van der Waals surface area contributed by atoms with Gasteiger partial charge in [-0.15, -0.1) is 0 Å². The largest absolute Gasteiger partial charge is 0.371 e. The van der Waals surface area contributed by atoms with E-state index in [1.807, 2.05) is 0 Å². The monoisotopic (exact) mass is 440 g/mol. The minimum absolute atomic E-state index is 1.09. The third kappa shape index (κ3) is 2.79. The number of hydrogen-bond donors (Lipinski definition) is 0. The van der Waals surface area contributed by atoms with Gasteiger partial charge in [-0.25, -0.2) is 8.78 Å². The molecule has 0 N–H and O–H groups in total. The van der Waals surface area contributed by atoms with E-state index < -0.39 is 25.8 Å². The second kappa shape index (κ2) is 4.52. The summed E-state index contributed by atoms with van der Waals surface area (Å²) in [5, 5.41) is -10.8. The van der Waals surface area contributed by atoms with Crippen molar-refractivity contribution in [2.24, 2.45) is 0 Å². The van der Waals surface area contributed by atoms with Crippen LogP contribution in [0.2, 0.25) is 0 Å². The highest BCUT2D eigenvalue weighted by atomic mass is 79.9. The first-order valence-corrected chi connectivity index (χ1v) is 5.61. The van der Waals surface area contributed by atoms with Crippen molar-refractivity contribution in [1.82, 2.24) is 0 Å². The van der Waals surface area contributed by atoms with Crippen LogP contribution in [0.3, 0.4) is 0 Å². The van der Waals surface area contributed by atoms with Crippen molar-refractivity contribution in [1.29, 1.82) is 0 Å². The molecule has 0 saturated carbocycles. The van der Waals surface area contributed by atoms with Crippen LogP contribution in [0, 0.1) is 0 Å². The molecule has 2 atom stereocenters. The van der Waals surface area contributed by atoms with Crippen molar-refractivity contribution in [3.05, 3.63) is 0 Å². The van der Waals surface area contributed by atoms with Crippen molar-refractivity contribution in [3.8, 4) is 0 Å². The van der Waals surface area contributed by atoms with Gasteiger partial charge in [0.15, 0.2) is 0 Å². The smallest absolute Gasteiger partial charge is 0.216 e. The first-order valence-electron chi connectivity index (χ1n) is 3.27. The van der Waals surface area contributed by atoms with Crippen LogP contribution in [0.1, 0.15) is 0 Å². The summed E-state index contributed by atoms with van der Waals surface area (Å²) in [5.41, 5.74) is 0. The van der Waals surface area contributed by atoms with Gasteiger partial charge >= 0.3 is 25.8 Å². The molecule has 104 valence electrons. The lowest BCUT2D eigenvalue weighted by Gasteiger charge is -2.38. The van der Waals surface area contributed by atoms with E-state index in [2.05, 4.69) is 23.2 Å². The normalized spacial score (nSPS) is 21.9. The molecule has 0 amide bonds. The topological polar surface area (TPSA) is 0 Å². The van der Waals surface area contributed by atoms with Crippen molar-refractivity contribution in [2.75, 3.05) is 0 Å². The molecule has 0 saturated heterocycles. The van der Waals surface area contributed by atoms with Gasteiger partial charge in [0.05, 0.1) is 0 Å². The van der Waals surface area contributed by atoms with Gasteiger partial charge in [-0.05, 0) is 55.1 Å². The number of rotatable bonds is 4. The predicted molar refractivity (Wildman–Crippen MR) is 52.1 cm³/mol. The summed E-state index contributed by atoms with van der Waals surface area (Å²) >= 11 is 10.1. The molecular formula is C5Br2Cl2F8. The summed E-state index contributed by atoms with van der Waals surface area (Å²) in [7, 11) is 0. The summed E-state index contributed by atoms with van der Waals surface area (Å²) in [6.07, 6.45) is 0. The van der Waals surface area contributed by atoms with Crippen LogP contribution in [-0.2, 0) is 0 Å². The first-order chi connectivity index (χ1) is 7.00. The van der Waals surface area contributed by atoms with Crippen molar-refractivity contribution in [3.63, 3.8) is 0 Å².